The lowest BCUT2D eigenvalue weighted by molar-refractivity contribution is -0.118. The zero-order chi connectivity index (χ0) is 18.6. The maximum atomic E-state index is 10.9. The molecule has 0 unspecified atom stereocenters. The van der Waals surface area contributed by atoms with Gasteiger partial charge in [0.05, 0.1) is 18.3 Å². The number of hydrogen-bond donors (Lipinski definition) is 2. The molecule has 0 aliphatic carbocycles. The molecule has 27 heavy (non-hydrogen) atoms. The van der Waals surface area contributed by atoms with Crippen LogP contribution in [0.1, 0.15) is 12.5 Å². The van der Waals surface area contributed by atoms with Crippen molar-refractivity contribution in [3.05, 3.63) is 48.3 Å². The van der Waals surface area contributed by atoms with Crippen LogP contribution < -0.4 is 10.6 Å². The molecule has 0 atom stereocenters. The first-order valence-electron chi connectivity index (χ1n) is 8.57. The Hall–Kier alpha value is -3.62. The standard InChI is InChI=1S/C18H18N8O/c1-12(27)19-7-8-21-16-10-22-17-18(23-16)26(25-24-17)11-13-4-5-15-14(9-13)3-2-6-20-15/h2-6,9-10H,7-8,11H2,1H3,(H,19,27)(H,21,23). The third-order valence-corrected chi connectivity index (χ3v) is 4.03. The smallest absolute Gasteiger partial charge is 0.221 e. The number of nitrogens with zero attached hydrogens (tertiary/aromatic N) is 6. The molecule has 0 saturated carbocycles. The molecular formula is C18H18N8O. The summed E-state index contributed by atoms with van der Waals surface area (Å²) in [4.78, 5) is 24.1. The van der Waals surface area contributed by atoms with Gasteiger partial charge in [0.1, 0.15) is 5.82 Å². The van der Waals surface area contributed by atoms with Gasteiger partial charge in [-0.3, -0.25) is 9.78 Å². The second-order valence-corrected chi connectivity index (χ2v) is 6.09. The molecule has 1 aromatic carbocycles. The van der Waals surface area contributed by atoms with Crippen LogP contribution in [-0.4, -0.2) is 48.9 Å². The van der Waals surface area contributed by atoms with Crippen LogP contribution in [0.3, 0.4) is 0 Å². The summed E-state index contributed by atoms with van der Waals surface area (Å²) in [6, 6.07) is 10.0. The van der Waals surface area contributed by atoms with Gasteiger partial charge >= 0.3 is 0 Å². The first-order valence-corrected chi connectivity index (χ1v) is 8.57. The van der Waals surface area contributed by atoms with Crippen molar-refractivity contribution < 1.29 is 4.79 Å². The van der Waals surface area contributed by atoms with Crippen LogP contribution >= 0.6 is 0 Å². The molecule has 0 bridgehead atoms. The highest BCUT2D eigenvalue weighted by Crippen LogP contribution is 2.16. The Labute approximate surface area is 154 Å². The van der Waals surface area contributed by atoms with E-state index in [1.54, 1.807) is 17.1 Å². The van der Waals surface area contributed by atoms with E-state index in [0.29, 0.717) is 36.7 Å². The summed E-state index contributed by atoms with van der Waals surface area (Å²) >= 11 is 0. The second kappa shape index (κ2) is 7.32. The number of anilines is 1. The van der Waals surface area contributed by atoms with E-state index in [2.05, 4.69) is 42.0 Å². The topological polar surface area (TPSA) is 111 Å². The lowest BCUT2D eigenvalue weighted by Gasteiger charge is -2.07. The van der Waals surface area contributed by atoms with Crippen LogP contribution in [0.4, 0.5) is 5.82 Å². The van der Waals surface area contributed by atoms with Gasteiger partial charge < -0.3 is 10.6 Å². The Morgan fingerprint density at radius 2 is 2.11 bits per heavy atom. The van der Waals surface area contributed by atoms with Gasteiger partial charge in [0, 0.05) is 31.6 Å². The summed E-state index contributed by atoms with van der Waals surface area (Å²) in [5, 5.41) is 15.2. The minimum absolute atomic E-state index is 0.0637. The molecule has 136 valence electrons. The molecule has 0 spiro atoms. The van der Waals surface area contributed by atoms with Crippen LogP contribution in [0.2, 0.25) is 0 Å². The van der Waals surface area contributed by atoms with Crippen molar-refractivity contribution in [1.82, 2.24) is 35.3 Å². The van der Waals surface area contributed by atoms with Crippen molar-refractivity contribution in [2.24, 2.45) is 0 Å². The van der Waals surface area contributed by atoms with E-state index in [1.807, 2.05) is 24.3 Å². The average molecular weight is 362 g/mol. The summed E-state index contributed by atoms with van der Waals surface area (Å²) in [5.74, 6) is 0.547. The Balaban J connectivity index is 1.54. The normalized spacial score (nSPS) is 11.0. The van der Waals surface area contributed by atoms with Crippen LogP contribution in [0.5, 0.6) is 0 Å². The van der Waals surface area contributed by atoms with Gasteiger partial charge in [-0.1, -0.05) is 17.3 Å². The third kappa shape index (κ3) is 3.81. The van der Waals surface area contributed by atoms with E-state index in [4.69, 9.17) is 0 Å². The lowest BCUT2D eigenvalue weighted by Crippen LogP contribution is -2.26. The molecule has 1 amide bonds. The van der Waals surface area contributed by atoms with E-state index in [1.165, 1.54) is 6.92 Å². The first-order chi connectivity index (χ1) is 13.2. The molecule has 4 rings (SSSR count). The third-order valence-electron chi connectivity index (χ3n) is 4.03. The number of hydrogen-bond acceptors (Lipinski definition) is 7. The summed E-state index contributed by atoms with van der Waals surface area (Å²) in [7, 11) is 0. The Morgan fingerprint density at radius 3 is 3.00 bits per heavy atom. The minimum atomic E-state index is -0.0637. The predicted molar refractivity (Wildman–Crippen MR) is 101 cm³/mol. The Kier molecular flexibility index (Phi) is 4.56. The van der Waals surface area contributed by atoms with E-state index in [0.717, 1.165) is 16.5 Å². The second-order valence-electron chi connectivity index (χ2n) is 6.09. The quantitative estimate of drug-likeness (QED) is 0.498. The largest absolute Gasteiger partial charge is 0.367 e. The Bertz CT molecular complexity index is 1110. The highest BCUT2D eigenvalue weighted by molar-refractivity contribution is 5.79. The fraction of sp³-hybridized carbons (Fsp3) is 0.222. The molecule has 4 aromatic rings. The summed E-state index contributed by atoms with van der Waals surface area (Å²) in [6.45, 7) is 3.08. The molecule has 2 N–H and O–H groups in total. The fourth-order valence-corrected chi connectivity index (χ4v) is 2.77. The highest BCUT2D eigenvalue weighted by atomic mass is 16.1. The molecular weight excluding hydrogens is 344 g/mol. The number of amides is 1. The SMILES string of the molecule is CC(=O)NCCNc1cnc2nnn(Cc3ccc4ncccc4c3)c2n1. The molecule has 0 aliphatic heterocycles. The molecule has 3 aromatic heterocycles. The van der Waals surface area contributed by atoms with Gasteiger partial charge in [0.15, 0.2) is 5.65 Å². The van der Waals surface area contributed by atoms with Crippen LogP contribution in [0.15, 0.2) is 42.7 Å². The van der Waals surface area contributed by atoms with Crippen molar-refractivity contribution in [1.29, 1.82) is 0 Å². The van der Waals surface area contributed by atoms with Crippen molar-refractivity contribution >= 4 is 33.9 Å². The first kappa shape index (κ1) is 16.8. The molecule has 0 saturated heterocycles. The molecule has 0 radical (unpaired) electrons. The van der Waals surface area contributed by atoms with Crippen molar-refractivity contribution in [2.45, 2.75) is 13.5 Å². The summed E-state index contributed by atoms with van der Waals surface area (Å²) in [6.07, 6.45) is 3.39. The summed E-state index contributed by atoms with van der Waals surface area (Å²) < 4.78 is 1.72. The fourth-order valence-electron chi connectivity index (χ4n) is 2.77. The number of benzene rings is 1. The van der Waals surface area contributed by atoms with E-state index in [9.17, 15) is 4.79 Å². The average Bonchev–Trinajstić information content (AvgIpc) is 3.07. The monoisotopic (exact) mass is 362 g/mol. The highest BCUT2D eigenvalue weighted by Gasteiger charge is 2.09. The number of nitrogens with one attached hydrogen (secondary N) is 2. The van der Waals surface area contributed by atoms with Gasteiger partial charge in [0.2, 0.25) is 11.6 Å². The van der Waals surface area contributed by atoms with Crippen LogP contribution in [-0.2, 0) is 11.3 Å². The van der Waals surface area contributed by atoms with Crippen LogP contribution in [0, 0.1) is 0 Å². The van der Waals surface area contributed by atoms with E-state index < -0.39 is 0 Å². The number of rotatable bonds is 6. The molecule has 0 aliphatic rings. The molecule has 9 heteroatoms. The van der Waals surface area contributed by atoms with Gasteiger partial charge in [-0.15, -0.1) is 5.10 Å². The van der Waals surface area contributed by atoms with E-state index in [-0.39, 0.29) is 5.91 Å². The maximum Gasteiger partial charge on any atom is 0.221 e. The number of carbonyl (C=O) groups is 1. The van der Waals surface area contributed by atoms with Gasteiger partial charge in [-0.05, 0) is 23.8 Å². The maximum absolute atomic E-state index is 10.9. The zero-order valence-corrected chi connectivity index (χ0v) is 14.8. The number of carbonyl (C=O) groups excluding carboxylic acids is 1. The zero-order valence-electron chi connectivity index (χ0n) is 14.8. The minimum Gasteiger partial charge on any atom is -0.367 e. The number of pyridine rings is 1. The molecule has 3 heterocycles. The van der Waals surface area contributed by atoms with Gasteiger partial charge in [-0.25, -0.2) is 14.6 Å². The van der Waals surface area contributed by atoms with Crippen molar-refractivity contribution in [3.63, 3.8) is 0 Å². The van der Waals surface area contributed by atoms with Gasteiger partial charge in [0.25, 0.3) is 0 Å². The van der Waals surface area contributed by atoms with E-state index >= 15 is 0 Å². The predicted octanol–water partition coefficient (Wildman–Crippen LogP) is 1.37. The molecule has 0 fully saturated rings. The number of aromatic nitrogens is 6. The van der Waals surface area contributed by atoms with Gasteiger partial charge in [-0.2, -0.15) is 0 Å². The Morgan fingerprint density at radius 1 is 1.19 bits per heavy atom. The lowest BCUT2D eigenvalue weighted by atomic mass is 10.1. The summed E-state index contributed by atoms with van der Waals surface area (Å²) in [5.41, 5.74) is 3.12. The van der Waals surface area contributed by atoms with Crippen LogP contribution in [0.25, 0.3) is 22.2 Å². The molecule has 9 nitrogen and oxygen atoms in total. The van der Waals surface area contributed by atoms with Crippen molar-refractivity contribution in [2.75, 3.05) is 18.4 Å². The number of fused-ring (bicyclic) bond motifs is 2. The van der Waals surface area contributed by atoms with Crippen molar-refractivity contribution in [3.8, 4) is 0 Å².